The highest BCUT2D eigenvalue weighted by Crippen LogP contribution is 2.20. The van der Waals surface area contributed by atoms with Gasteiger partial charge in [-0.1, -0.05) is 18.2 Å². The molecule has 0 fully saturated rings. The molecule has 21 heavy (non-hydrogen) atoms. The topological polar surface area (TPSA) is 52.7 Å². The van der Waals surface area contributed by atoms with E-state index in [4.69, 9.17) is 0 Å². The Balaban J connectivity index is 2.42. The van der Waals surface area contributed by atoms with Crippen LogP contribution in [-0.2, 0) is 0 Å². The van der Waals surface area contributed by atoms with Gasteiger partial charge in [0.25, 0.3) is 5.56 Å². The molecule has 1 aromatic carbocycles. The highest BCUT2D eigenvalue weighted by atomic mass is 16.1. The Morgan fingerprint density at radius 2 is 1.86 bits per heavy atom. The molecule has 2 aromatic heterocycles. The number of aryl methyl sites for hydroxylation is 2. The van der Waals surface area contributed by atoms with Crippen LogP contribution in [0.3, 0.4) is 0 Å². The quantitative estimate of drug-likeness (QED) is 0.726. The summed E-state index contributed by atoms with van der Waals surface area (Å²) in [7, 11) is 0. The lowest BCUT2D eigenvalue weighted by Gasteiger charge is -2.11. The summed E-state index contributed by atoms with van der Waals surface area (Å²) in [4.78, 5) is 12.7. The van der Waals surface area contributed by atoms with Crippen LogP contribution in [0.1, 0.15) is 31.1 Å². The van der Waals surface area contributed by atoms with Crippen LogP contribution in [-0.4, -0.2) is 19.6 Å². The third-order valence-corrected chi connectivity index (χ3v) is 3.66. The summed E-state index contributed by atoms with van der Waals surface area (Å²) in [6, 6.07) is 7.92. The van der Waals surface area contributed by atoms with E-state index in [1.165, 1.54) is 4.68 Å². The van der Waals surface area contributed by atoms with E-state index in [2.05, 4.69) is 10.2 Å². The molecule has 108 valence electrons. The molecule has 2 heterocycles. The van der Waals surface area contributed by atoms with Gasteiger partial charge in [0, 0.05) is 5.39 Å². The average Bonchev–Trinajstić information content (AvgIpc) is 2.88. The monoisotopic (exact) mass is 282 g/mol. The van der Waals surface area contributed by atoms with E-state index in [9.17, 15) is 4.79 Å². The van der Waals surface area contributed by atoms with E-state index in [1.54, 1.807) is 10.9 Å². The Labute approximate surface area is 122 Å². The van der Waals surface area contributed by atoms with Gasteiger partial charge in [-0.3, -0.25) is 4.79 Å². The van der Waals surface area contributed by atoms with Crippen LogP contribution in [0.4, 0.5) is 0 Å². The van der Waals surface area contributed by atoms with Gasteiger partial charge in [0.05, 0.1) is 23.6 Å². The number of benzene rings is 1. The number of para-hydroxylation sites is 1. The minimum atomic E-state index is -0.105. The Kier molecular flexibility index (Phi) is 3.12. The number of nitrogens with zero attached hydrogens (tertiary/aromatic N) is 4. The van der Waals surface area contributed by atoms with Crippen molar-refractivity contribution < 1.29 is 0 Å². The Hall–Kier alpha value is -2.43. The first-order valence-corrected chi connectivity index (χ1v) is 7.04. The van der Waals surface area contributed by atoms with Gasteiger partial charge >= 0.3 is 0 Å². The molecule has 3 aromatic rings. The molecule has 0 atom stereocenters. The van der Waals surface area contributed by atoms with E-state index in [-0.39, 0.29) is 11.6 Å². The van der Waals surface area contributed by atoms with E-state index < -0.39 is 0 Å². The summed E-state index contributed by atoms with van der Waals surface area (Å²) in [5.41, 5.74) is 3.30. The first-order chi connectivity index (χ1) is 10.0. The van der Waals surface area contributed by atoms with Crippen LogP contribution in [0.15, 0.2) is 35.3 Å². The molecule has 0 aliphatic heterocycles. The van der Waals surface area contributed by atoms with E-state index in [0.29, 0.717) is 5.52 Å². The van der Waals surface area contributed by atoms with Gasteiger partial charge < -0.3 is 0 Å². The minimum Gasteiger partial charge on any atom is -0.265 e. The zero-order valence-electron chi connectivity index (χ0n) is 12.7. The summed E-state index contributed by atoms with van der Waals surface area (Å²) < 4.78 is 3.24. The third-order valence-electron chi connectivity index (χ3n) is 3.66. The van der Waals surface area contributed by atoms with Crippen molar-refractivity contribution in [2.24, 2.45) is 0 Å². The van der Waals surface area contributed by atoms with Crippen molar-refractivity contribution in [1.29, 1.82) is 0 Å². The molecule has 0 saturated heterocycles. The van der Waals surface area contributed by atoms with Crippen LogP contribution in [0.2, 0.25) is 0 Å². The van der Waals surface area contributed by atoms with E-state index in [0.717, 1.165) is 22.3 Å². The highest BCUT2D eigenvalue weighted by molar-refractivity contribution is 5.81. The second kappa shape index (κ2) is 4.84. The van der Waals surface area contributed by atoms with Gasteiger partial charge in [-0.25, -0.2) is 9.36 Å². The van der Waals surface area contributed by atoms with Crippen LogP contribution in [0.5, 0.6) is 0 Å². The Morgan fingerprint density at radius 3 is 2.52 bits per heavy atom. The first kappa shape index (κ1) is 13.5. The molecule has 0 spiro atoms. The number of rotatable bonds is 2. The lowest BCUT2D eigenvalue weighted by Crippen LogP contribution is -2.27. The minimum absolute atomic E-state index is 0.0146. The maximum atomic E-state index is 12.7. The fourth-order valence-corrected chi connectivity index (χ4v) is 2.52. The van der Waals surface area contributed by atoms with Gasteiger partial charge in [-0.2, -0.15) is 10.2 Å². The standard InChI is InChI=1S/C16H18N4O/c1-10(2)19-16(21)15-13(12(4)18-19)9-17-20(15)14-8-6-5-7-11(14)3/h5-10H,1-4H3. The average molecular weight is 282 g/mol. The molecule has 0 radical (unpaired) electrons. The number of fused-ring (bicyclic) bond motifs is 1. The maximum absolute atomic E-state index is 12.7. The second-order valence-corrected chi connectivity index (χ2v) is 5.53. The summed E-state index contributed by atoms with van der Waals surface area (Å²) in [6.07, 6.45) is 1.72. The zero-order chi connectivity index (χ0) is 15.1. The van der Waals surface area contributed by atoms with Gasteiger partial charge in [0.2, 0.25) is 0 Å². The van der Waals surface area contributed by atoms with Crippen molar-refractivity contribution in [1.82, 2.24) is 19.6 Å². The molecule has 0 bridgehead atoms. The molecule has 5 nitrogen and oxygen atoms in total. The Morgan fingerprint density at radius 1 is 1.14 bits per heavy atom. The third kappa shape index (κ3) is 2.05. The van der Waals surface area contributed by atoms with Crippen molar-refractivity contribution in [3.05, 3.63) is 52.1 Å². The summed E-state index contributed by atoms with van der Waals surface area (Å²) >= 11 is 0. The van der Waals surface area contributed by atoms with Crippen LogP contribution in [0.25, 0.3) is 16.6 Å². The van der Waals surface area contributed by atoms with Crippen molar-refractivity contribution >= 4 is 10.9 Å². The van der Waals surface area contributed by atoms with Gasteiger partial charge in [-0.15, -0.1) is 0 Å². The van der Waals surface area contributed by atoms with Crippen LogP contribution < -0.4 is 5.56 Å². The number of aromatic nitrogens is 4. The molecule has 0 amide bonds. The Bertz CT molecular complexity index is 874. The predicted octanol–water partition coefficient (Wildman–Crippen LogP) is 2.78. The number of hydrogen-bond donors (Lipinski definition) is 0. The maximum Gasteiger partial charge on any atom is 0.293 e. The van der Waals surface area contributed by atoms with Crippen molar-refractivity contribution in [3.63, 3.8) is 0 Å². The molecule has 5 heteroatoms. The largest absolute Gasteiger partial charge is 0.293 e. The molecule has 0 saturated carbocycles. The normalized spacial score (nSPS) is 11.5. The van der Waals surface area contributed by atoms with E-state index in [1.807, 2.05) is 52.0 Å². The van der Waals surface area contributed by atoms with E-state index >= 15 is 0 Å². The van der Waals surface area contributed by atoms with Crippen molar-refractivity contribution in [2.45, 2.75) is 33.7 Å². The van der Waals surface area contributed by atoms with Crippen LogP contribution >= 0.6 is 0 Å². The highest BCUT2D eigenvalue weighted by Gasteiger charge is 2.16. The summed E-state index contributed by atoms with van der Waals surface area (Å²) in [6.45, 7) is 7.82. The van der Waals surface area contributed by atoms with Gasteiger partial charge in [-0.05, 0) is 39.3 Å². The predicted molar refractivity (Wildman–Crippen MR) is 83.0 cm³/mol. The molecule has 0 unspecified atom stereocenters. The number of hydrogen-bond acceptors (Lipinski definition) is 3. The second-order valence-electron chi connectivity index (χ2n) is 5.53. The lowest BCUT2D eigenvalue weighted by atomic mass is 10.2. The fraction of sp³-hybridized carbons (Fsp3) is 0.312. The SMILES string of the molecule is Cc1ccccc1-n1ncc2c(C)nn(C(C)C)c(=O)c21. The zero-order valence-corrected chi connectivity index (χ0v) is 12.7. The van der Waals surface area contributed by atoms with Crippen molar-refractivity contribution in [3.8, 4) is 5.69 Å². The summed E-state index contributed by atoms with van der Waals surface area (Å²) in [5, 5.41) is 9.60. The smallest absolute Gasteiger partial charge is 0.265 e. The lowest BCUT2D eigenvalue weighted by molar-refractivity contribution is 0.501. The summed E-state index contributed by atoms with van der Waals surface area (Å²) in [5.74, 6) is 0. The van der Waals surface area contributed by atoms with Crippen LogP contribution in [0, 0.1) is 13.8 Å². The molecular formula is C16H18N4O. The van der Waals surface area contributed by atoms with Gasteiger partial charge in [0.15, 0.2) is 0 Å². The molecular weight excluding hydrogens is 264 g/mol. The molecule has 3 rings (SSSR count). The van der Waals surface area contributed by atoms with Crippen molar-refractivity contribution in [2.75, 3.05) is 0 Å². The molecule has 0 aliphatic rings. The molecule has 0 aliphatic carbocycles. The van der Waals surface area contributed by atoms with Gasteiger partial charge in [0.1, 0.15) is 5.52 Å². The fourth-order valence-electron chi connectivity index (χ4n) is 2.52. The molecule has 0 N–H and O–H groups in total. The first-order valence-electron chi connectivity index (χ1n) is 7.04.